The first kappa shape index (κ1) is 20.3. The summed E-state index contributed by atoms with van der Waals surface area (Å²) >= 11 is 0. The summed E-state index contributed by atoms with van der Waals surface area (Å²) < 4.78 is 1.00. The zero-order valence-electron chi connectivity index (χ0n) is 17.5. The molecule has 0 saturated heterocycles. The smallest absolute Gasteiger partial charge is 0.334 e. The van der Waals surface area contributed by atoms with Crippen LogP contribution in [0.15, 0.2) is 88.7 Å². The zero-order chi connectivity index (χ0) is 22.8. The molecule has 0 aliphatic rings. The standard InChI is InChI=1S/C25H19N5O3/c31-21(28-15-18-6-3-5-17-4-1-2-7-20(17)18)14-16-8-10-19(11-9-16)30-24(32)22-23(29-25(30)33)27-13-12-26-22/h1-13H,14-15H2,(H,28,31)(H,27,29,33). The molecule has 2 N–H and O–H groups in total. The Hall–Kier alpha value is -4.59. The number of hydrogen-bond donors (Lipinski definition) is 2. The van der Waals surface area contributed by atoms with Gasteiger partial charge in [-0.1, -0.05) is 54.6 Å². The van der Waals surface area contributed by atoms with Gasteiger partial charge < -0.3 is 5.32 Å². The van der Waals surface area contributed by atoms with E-state index in [1.807, 2.05) is 42.5 Å². The average molecular weight is 437 g/mol. The van der Waals surface area contributed by atoms with Crippen LogP contribution in [0.25, 0.3) is 27.6 Å². The molecule has 0 fully saturated rings. The molecule has 0 spiro atoms. The first-order valence-corrected chi connectivity index (χ1v) is 10.4. The molecule has 0 aliphatic carbocycles. The normalized spacial score (nSPS) is 11.0. The third-order valence-electron chi connectivity index (χ3n) is 5.45. The van der Waals surface area contributed by atoms with Crippen molar-refractivity contribution in [2.75, 3.05) is 0 Å². The van der Waals surface area contributed by atoms with Gasteiger partial charge in [0.1, 0.15) is 0 Å². The molecule has 162 valence electrons. The summed E-state index contributed by atoms with van der Waals surface area (Å²) in [5.74, 6) is -0.119. The van der Waals surface area contributed by atoms with Gasteiger partial charge in [0.15, 0.2) is 11.2 Å². The number of rotatable bonds is 5. The quantitative estimate of drug-likeness (QED) is 0.439. The lowest BCUT2D eigenvalue weighted by atomic mass is 10.0. The van der Waals surface area contributed by atoms with E-state index in [1.165, 1.54) is 12.4 Å². The molecule has 8 nitrogen and oxygen atoms in total. The number of H-pyrrole nitrogens is 1. The number of carbonyl (C=O) groups is 1. The van der Waals surface area contributed by atoms with Gasteiger partial charge in [-0.3, -0.25) is 14.6 Å². The summed E-state index contributed by atoms with van der Waals surface area (Å²) in [5, 5.41) is 5.20. The van der Waals surface area contributed by atoms with Gasteiger partial charge in [0.2, 0.25) is 5.91 Å². The molecule has 5 aromatic rings. The number of aromatic amines is 1. The summed E-state index contributed by atoms with van der Waals surface area (Å²) in [6.45, 7) is 0.432. The predicted octanol–water partition coefficient (Wildman–Crippen LogP) is 2.48. The van der Waals surface area contributed by atoms with Gasteiger partial charge in [-0.25, -0.2) is 19.3 Å². The van der Waals surface area contributed by atoms with E-state index >= 15 is 0 Å². The number of nitrogens with zero attached hydrogens (tertiary/aromatic N) is 3. The Morgan fingerprint density at radius 1 is 0.909 bits per heavy atom. The van der Waals surface area contributed by atoms with Gasteiger partial charge in [0.25, 0.3) is 5.56 Å². The molecule has 0 aliphatic heterocycles. The molecule has 0 radical (unpaired) electrons. The molecule has 0 unspecified atom stereocenters. The number of nitrogens with one attached hydrogen (secondary N) is 2. The van der Waals surface area contributed by atoms with Crippen molar-refractivity contribution in [3.05, 3.63) is 111 Å². The number of amides is 1. The minimum Gasteiger partial charge on any atom is -0.352 e. The van der Waals surface area contributed by atoms with Crippen LogP contribution in [0.4, 0.5) is 0 Å². The highest BCUT2D eigenvalue weighted by molar-refractivity contribution is 5.86. The fourth-order valence-corrected chi connectivity index (χ4v) is 3.83. The van der Waals surface area contributed by atoms with Crippen molar-refractivity contribution in [1.29, 1.82) is 0 Å². The van der Waals surface area contributed by atoms with Crippen LogP contribution in [0.5, 0.6) is 0 Å². The van der Waals surface area contributed by atoms with Gasteiger partial charge >= 0.3 is 5.69 Å². The summed E-state index contributed by atoms with van der Waals surface area (Å²) in [5.41, 5.74) is 1.26. The topological polar surface area (TPSA) is 110 Å². The maximum absolute atomic E-state index is 12.7. The highest BCUT2D eigenvalue weighted by Crippen LogP contribution is 2.18. The van der Waals surface area contributed by atoms with Crippen molar-refractivity contribution in [3.8, 4) is 5.69 Å². The Balaban J connectivity index is 1.31. The van der Waals surface area contributed by atoms with Crippen molar-refractivity contribution >= 4 is 27.8 Å². The van der Waals surface area contributed by atoms with E-state index in [1.54, 1.807) is 24.3 Å². The summed E-state index contributed by atoms with van der Waals surface area (Å²) in [4.78, 5) is 48.1. The average Bonchev–Trinajstić information content (AvgIpc) is 2.84. The maximum Gasteiger partial charge on any atom is 0.334 e. The Morgan fingerprint density at radius 3 is 2.52 bits per heavy atom. The Labute approximate surface area is 187 Å². The molecule has 1 amide bonds. The molecule has 33 heavy (non-hydrogen) atoms. The van der Waals surface area contributed by atoms with Crippen molar-refractivity contribution < 1.29 is 4.79 Å². The largest absolute Gasteiger partial charge is 0.352 e. The Bertz CT molecular complexity index is 1600. The molecule has 2 heterocycles. The minimum absolute atomic E-state index is 0.0778. The highest BCUT2D eigenvalue weighted by atomic mass is 16.2. The van der Waals surface area contributed by atoms with Crippen LogP contribution in [0.1, 0.15) is 11.1 Å². The second-order valence-electron chi connectivity index (χ2n) is 7.58. The fourth-order valence-electron chi connectivity index (χ4n) is 3.83. The lowest BCUT2D eigenvalue weighted by Gasteiger charge is -2.09. The summed E-state index contributed by atoms with van der Waals surface area (Å²) in [6.07, 6.45) is 2.98. The van der Waals surface area contributed by atoms with Crippen molar-refractivity contribution in [2.24, 2.45) is 0 Å². The number of fused-ring (bicyclic) bond motifs is 2. The van der Waals surface area contributed by atoms with Crippen LogP contribution in [-0.2, 0) is 17.8 Å². The first-order chi connectivity index (χ1) is 16.1. The number of hydrogen-bond acceptors (Lipinski definition) is 5. The molecule has 0 atom stereocenters. The molecular weight excluding hydrogens is 418 g/mol. The van der Waals surface area contributed by atoms with E-state index < -0.39 is 11.2 Å². The van der Waals surface area contributed by atoms with Crippen LogP contribution >= 0.6 is 0 Å². The predicted molar refractivity (Wildman–Crippen MR) is 125 cm³/mol. The highest BCUT2D eigenvalue weighted by Gasteiger charge is 2.12. The Morgan fingerprint density at radius 2 is 1.67 bits per heavy atom. The van der Waals surface area contributed by atoms with Crippen LogP contribution in [0, 0.1) is 0 Å². The van der Waals surface area contributed by atoms with Gasteiger partial charge in [-0.05, 0) is 34.0 Å². The van der Waals surface area contributed by atoms with Crippen molar-refractivity contribution in [3.63, 3.8) is 0 Å². The molecule has 0 bridgehead atoms. The van der Waals surface area contributed by atoms with E-state index in [-0.39, 0.29) is 23.5 Å². The van der Waals surface area contributed by atoms with Crippen molar-refractivity contribution in [1.82, 2.24) is 24.8 Å². The van der Waals surface area contributed by atoms with E-state index in [2.05, 4.69) is 20.3 Å². The maximum atomic E-state index is 12.7. The van der Waals surface area contributed by atoms with Crippen molar-refractivity contribution in [2.45, 2.75) is 13.0 Å². The molecule has 5 rings (SSSR count). The van der Waals surface area contributed by atoms with Crippen LogP contribution < -0.4 is 16.6 Å². The van der Waals surface area contributed by atoms with E-state index in [4.69, 9.17) is 0 Å². The van der Waals surface area contributed by atoms with E-state index in [9.17, 15) is 14.4 Å². The number of aromatic nitrogens is 4. The third-order valence-corrected chi connectivity index (χ3v) is 5.45. The monoisotopic (exact) mass is 437 g/mol. The number of carbonyl (C=O) groups excluding carboxylic acids is 1. The molecule has 2 aromatic heterocycles. The second-order valence-corrected chi connectivity index (χ2v) is 7.58. The minimum atomic E-state index is -0.603. The molecule has 8 heteroatoms. The fraction of sp³-hybridized carbons (Fsp3) is 0.0800. The number of benzene rings is 3. The van der Waals surface area contributed by atoms with E-state index in [0.29, 0.717) is 12.2 Å². The Kier molecular flexibility index (Phi) is 5.24. The lowest BCUT2D eigenvalue weighted by Crippen LogP contribution is -2.34. The van der Waals surface area contributed by atoms with Gasteiger partial charge in [0, 0.05) is 18.9 Å². The van der Waals surface area contributed by atoms with Gasteiger partial charge in [0.05, 0.1) is 12.1 Å². The van der Waals surface area contributed by atoms with Gasteiger partial charge in [-0.15, -0.1) is 0 Å². The molecular formula is C25H19N5O3. The van der Waals surface area contributed by atoms with Crippen LogP contribution in [0.3, 0.4) is 0 Å². The third kappa shape index (κ3) is 4.01. The second kappa shape index (κ2) is 8.51. The SMILES string of the molecule is O=C(Cc1ccc(-n2c(=O)[nH]c3nccnc3c2=O)cc1)NCc1cccc2ccccc12. The van der Waals surface area contributed by atoms with Gasteiger partial charge in [-0.2, -0.15) is 0 Å². The van der Waals surface area contributed by atoms with E-state index in [0.717, 1.165) is 26.5 Å². The van der Waals surface area contributed by atoms with Crippen LogP contribution in [-0.4, -0.2) is 25.4 Å². The van der Waals surface area contributed by atoms with Crippen LogP contribution in [0.2, 0.25) is 0 Å². The first-order valence-electron chi connectivity index (χ1n) is 10.4. The molecule has 0 saturated carbocycles. The summed E-state index contributed by atoms with van der Waals surface area (Å²) in [7, 11) is 0. The molecule has 3 aromatic carbocycles. The zero-order valence-corrected chi connectivity index (χ0v) is 17.5. The summed E-state index contributed by atoms with van der Waals surface area (Å²) in [6, 6.07) is 20.8. The lowest BCUT2D eigenvalue weighted by molar-refractivity contribution is -0.120.